The van der Waals surface area contributed by atoms with Gasteiger partial charge >= 0.3 is 5.97 Å². The second kappa shape index (κ2) is 5.92. The fourth-order valence-electron chi connectivity index (χ4n) is 1.61. The number of nitrogens with two attached hydrogens (primary N) is 1. The van der Waals surface area contributed by atoms with Gasteiger partial charge in [0.2, 0.25) is 0 Å². The number of carboxylic acid groups (broad SMARTS) is 1. The number of hydrogen-bond donors (Lipinski definition) is 2. The molecule has 0 spiro atoms. The molecule has 2 aromatic rings. The highest BCUT2D eigenvalue weighted by Crippen LogP contribution is 2.24. The Morgan fingerprint density at radius 3 is 2.65 bits per heavy atom. The van der Waals surface area contributed by atoms with Crippen LogP contribution in [0.3, 0.4) is 0 Å². The van der Waals surface area contributed by atoms with Gasteiger partial charge in [0.1, 0.15) is 18.2 Å². The Morgan fingerprint density at radius 2 is 2.05 bits per heavy atom. The van der Waals surface area contributed by atoms with Gasteiger partial charge in [-0.15, -0.1) is 0 Å². The standard InChI is InChI=1S/C14H11BrFNO3/c15-10-3-1-9(11(16)6-10)7-20-13-4-2-8(14(18)19)5-12(13)17/h1-6H,7,17H2,(H,18,19). The lowest BCUT2D eigenvalue weighted by molar-refractivity contribution is 0.0697. The predicted molar refractivity (Wildman–Crippen MR) is 76.2 cm³/mol. The molecule has 0 unspecified atom stereocenters. The van der Waals surface area contributed by atoms with Gasteiger partial charge in [-0.05, 0) is 30.3 Å². The third-order valence-corrected chi connectivity index (χ3v) is 3.15. The first-order valence-electron chi connectivity index (χ1n) is 5.67. The van der Waals surface area contributed by atoms with Crippen molar-refractivity contribution in [1.29, 1.82) is 0 Å². The van der Waals surface area contributed by atoms with Gasteiger partial charge in [-0.25, -0.2) is 9.18 Å². The van der Waals surface area contributed by atoms with Crippen molar-refractivity contribution in [2.24, 2.45) is 0 Å². The van der Waals surface area contributed by atoms with Crippen LogP contribution < -0.4 is 10.5 Å². The van der Waals surface area contributed by atoms with Gasteiger partial charge in [-0.2, -0.15) is 0 Å². The zero-order valence-corrected chi connectivity index (χ0v) is 11.9. The summed E-state index contributed by atoms with van der Waals surface area (Å²) in [7, 11) is 0. The third-order valence-electron chi connectivity index (χ3n) is 2.66. The average molecular weight is 340 g/mol. The maximum atomic E-state index is 13.6. The van der Waals surface area contributed by atoms with Crippen molar-refractivity contribution < 1.29 is 19.0 Å². The molecular formula is C14H11BrFNO3. The first-order chi connectivity index (χ1) is 9.47. The molecule has 6 heteroatoms. The van der Waals surface area contributed by atoms with E-state index in [9.17, 15) is 9.18 Å². The van der Waals surface area contributed by atoms with Crippen LogP contribution in [0.25, 0.3) is 0 Å². The van der Waals surface area contributed by atoms with Gasteiger partial charge in [0.15, 0.2) is 0 Å². The van der Waals surface area contributed by atoms with Crippen LogP contribution in [0.5, 0.6) is 5.75 Å². The summed E-state index contributed by atoms with van der Waals surface area (Å²) in [5.41, 5.74) is 6.35. The fraction of sp³-hybridized carbons (Fsp3) is 0.0714. The quantitative estimate of drug-likeness (QED) is 0.837. The monoisotopic (exact) mass is 339 g/mol. The van der Waals surface area contributed by atoms with E-state index < -0.39 is 5.97 Å². The number of rotatable bonds is 4. The second-order valence-electron chi connectivity index (χ2n) is 4.08. The number of anilines is 1. The number of nitrogen functional groups attached to an aromatic ring is 1. The van der Waals surface area contributed by atoms with Gasteiger partial charge in [0.25, 0.3) is 0 Å². The number of aromatic carboxylic acids is 1. The lowest BCUT2D eigenvalue weighted by Crippen LogP contribution is -2.03. The molecular weight excluding hydrogens is 329 g/mol. The minimum absolute atomic E-state index is 0.00965. The molecule has 4 nitrogen and oxygen atoms in total. The number of halogens is 2. The van der Waals surface area contributed by atoms with Gasteiger partial charge < -0.3 is 15.6 Å². The molecule has 0 saturated carbocycles. The van der Waals surface area contributed by atoms with E-state index in [0.717, 1.165) is 0 Å². The number of benzene rings is 2. The summed E-state index contributed by atoms with van der Waals surface area (Å²) in [5, 5.41) is 8.82. The zero-order chi connectivity index (χ0) is 14.7. The maximum absolute atomic E-state index is 13.6. The zero-order valence-electron chi connectivity index (χ0n) is 10.3. The molecule has 104 valence electrons. The van der Waals surface area contributed by atoms with Crippen molar-refractivity contribution in [3.8, 4) is 5.75 Å². The molecule has 0 aliphatic rings. The minimum Gasteiger partial charge on any atom is -0.487 e. The van der Waals surface area contributed by atoms with Crippen LogP contribution >= 0.6 is 15.9 Å². The van der Waals surface area contributed by atoms with E-state index in [4.69, 9.17) is 15.6 Å². The Balaban J connectivity index is 2.13. The molecule has 2 rings (SSSR count). The highest BCUT2D eigenvalue weighted by Gasteiger charge is 2.09. The van der Waals surface area contributed by atoms with Crippen LogP contribution in [0.15, 0.2) is 40.9 Å². The lowest BCUT2D eigenvalue weighted by Gasteiger charge is -2.10. The van der Waals surface area contributed by atoms with Crippen molar-refractivity contribution in [1.82, 2.24) is 0 Å². The van der Waals surface area contributed by atoms with Crippen molar-refractivity contribution >= 4 is 27.6 Å². The van der Waals surface area contributed by atoms with Crippen LogP contribution in [0, 0.1) is 5.82 Å². The van der Waals surface area contributed by atoms with Crippen molar-refractivity contribution in [2.45, 2.75) is 6.61 Å². The highest BCUT2D eigenvalue weighted by atomic mass is 79.9. The predicted octanol–water partition coefficient (Wildman–Crippen LogP) is 3.45. The van der Waals surface area contributed by atoms with Gasteiger partial charge in [-0.1, -0.05) is 22.0 Å². The summed E-state index contributed by atoms with van der Waals surface area (Å²) in [6, 6.07) is 8.78. The lowest BCUT2D eigenvalue weighted by atomic mass is 10.2. The molecule has 0 aliphatic heterocycles. The number of carbonyl (C=O) groups is 1. The van der Waals surface area contributed by atoms with Crippen LogP contribution in [0.4, 0.5) is 10.1 Å². The summed E-state index contributed by atoms with van der Waals surface area (Å²) < 4.78 is 19.7. The summed E-state index contributed by atoms with van der Waals surface area (Å²) >= 11 is 3.17. The summed E-state index contributed by atoms with van der Waals surface area (Å²) in [4.78, 5) is 10.8. The van der Waals surface area contributed by atoms with Crippen LogP contribution in [0.2, 0.25) is 0 Å². The third kappa shape index (κ3) is 3.27. The van der Waals surface area contributed by atoms with Crippen molar-refractivity contribution in [3.63, 3.8) is 0 Å². The average Bonchev–Trinajstić information content (AvgIpc) is 2.38. The van der Waals surface area contributed by atoms with E-state index in [1.165, 1.54) is 24.3 Å². The summed E-state index contributed by atoms with van der Waals surface area (Å²) in [6.07, 6.45) is 0. The minimum atomic E-state index is -1.07. The van der Waals surface area contributed by atoms with Gasteiger partial charge in [0, 0.05) is 10.0 Å². The van der Waals surface area contributed by atoms with Crippen molar-refractivity contribution in [3.05, 3.63) is 57.8 Å². The summed E-state index contributed by atoms with van der Waals surface area (Å²) in [6.45, 7) is 0.00965. The molecule has 0 heterocycles. The van der Waals surface area contributed by atoms with E-state index >= 15 is 0 Å². The number of hydrogen-bond acceptors (Lipinski definition) is 3. The van der Waals surface area contributed by atoms with Crippen molar-refractivity contribution in [2.75, 3.05) is 5.73 Å². The molecule has 0 amide bonds. The topological polar surface area (TPSA) is 72.6 Å². The molecule has 0 radical (unpaired) electrons. The largest absolute Gasteiger partial charge is 0.487 e. The molecule has 2 aromatic carbocycles. The number of ether oxygens (including phenoxy) is 1. The Hall–Kier alpha value is -2.08. The van der Waals surface area contributed by atoms with Crippen LogP contribution in [0.1, 0.15) is 15.9 Å². The fourth-order valence-corrected chi connectivity index (χ4v) is 1.94. The summed E-state index contributed by atoms with van der Waals surface area (Å²) in [5.74, 6) is -1.14. The molecule has 3 N–H and O–H groups in total. The van der Waals surface area contributed by atoms with E-state index in [1.807, 2.05) is 0 Å². The van der Waals surface area contributed by atoms with E-state index in [0.29, 0.717) is 15.8 Å². The number of carboxylic acids is 1. The molecule has 20 heavy (non-hydrogen) atoms. The molecule has 0 fully saturated rings. The Kier molecular flexibility index (Phi) is 4.24. The molecule has 0 aromatic heterocycles. The SMILES string of the molecule is Nc1cc(C(=O)O)ccc1OCc1ccc(Br)cc1F. The molecule has 0 bridgehead atoms. The van der Waals surface area contributed by atoms with E-state index in [1.54, 1.807) is 12.1 Å². The Labute approximate surface area is 123 Å². The highest BCUT2D eigenvalue weighted by molar-refractivity contribution is 9.10. The van der Waals surface area contributed by atoms with E-state index in [2.05, 4.69) is 15.9 Å². The molecule has 0 atom stereocenters. The van der Waals surface area contributed by atoms with E-state index in [-0.39, 0.29) is 23.7 Å². The smallest absolute Gasteiger partial charge is 0.335 e. The second-order valence-corrected chi connectivity index (χ2v) is 5.00. The van der Waals surface area contributed by atoms with Gasteiger partial charge in [0.05, 0.1) is 11.3 Å². The Morgan fingerprint density at radius 1 is 1.30 bits per heavy atom. The molecule has 0 aliphatic carbocycles. The first kappa shape index (κ1) is 14.3. The van der Waals surface area contributed by atoms with Crippen LogP contribution in [-0.2, 0) is 6.61 Å². The molecule has 0 saturated heterocycles. The van der Waals surface area contributed by atoms with Gasteiger partial charge in [-0.3, -0.25) is 0 Å². The first-order valence-corrected chi connectivity index (χ1v) is 6.46. The Bertz CT molecular complexity index is 661. The normalized spacial score (nSPS) is 10.3. The van der Waals surface area contributed by atoms with Crippen LogP contribution in [-0.4, -0.2) is 11.1 Å². The maximum Gasteiger partial charge on any atom is 0.335 e.